The van der Waals surface area contributed by atoms with E-state index in [1.165, 1.54) is 6.42 Å². The monoisotopic (exact) mass is 134 g/mol. The summed E-state index contributed by atoms with van der Waals surface area (Å²) in [6.45, 7) is 4.61. The average Bonchev–Trinajstić information content (AvgIpc) is 2.41. The maximum atomic E-state index is 2.43. The minimum atomic E-state index is 0.787. The van der Waals surface area contributed by atoms with Gasteiger partial charge in [0.25, 0.3) is 0 Å². The molecule has 0 unspecified atom stereocenters. The first-order valence-electron chi connectivity index (χ1n) is 4.14. The summed E-state index contributed by atoms with van der Waals surface area (Å²) < 4.78 is 0. The van der Waals surface area contributed by atoms with Crippen molar-refractivity contribution in [3.8, 4) is 0 Å². The third-order valence-electron chi connectivity index (χ3n) is 3.08. The zero-order valence-electron chi connectivity index (χ0n) is 6.67. The molecule has 0 aromatic heterocycles. The quantitative estimate of drug-likeness (QED) is 0.447. The number of hydrogen-bond donors (Lipinski definition) is 0. The lowest BCUT2D eigenvalue weighted by Crippen LogP contribution is -2.08. The van der Waals surface area contributed by atoms with Crippen molar-refractivity contribution in [1.29, 1.82) is 0 Å². The van der Waals surface area contributed by atoms with Gasteiger partial charge in [-0.25, -0.2) is 0 Å². The number of allylic oxidation sites excluding steroid dienone is 4. The van der Waals surface area contributed by atoms with Gasteiger partial charge in [0.15, 0.2) is 0 Å². The molecule has 0 nitrogen and oxygen atoms in total. The molecule has 0 bridgehead atoms. The summed E-state index contributed by atoms with van der Waals surface area (Å²) in [5.41, 5.74) is 1.60. The van der Waals surface area contributed by atoms with Gasteiger partial charge < -0.3 is 0 Å². The van der Waals surface area contributed by atoms with Gasteiger partial charge in [0, 0.05) is 0 Å². The van der Waals surface area contributed by atoms with Crippen molar-refractivity contribution < 1.29 is 0 Å². The Morgan fingerprint density at radius 1 is 1.50 bits per heavy atom. The normalized spacial score (nSPS) is 43.8. The Balaban J connectivity index is 2.26. The third kappa shape index (κ3) is 0.681. The highest BCUT2D eigenvalue weighted by atomic mass is 14.4. The minimum absolute atomic E-state index is 0.787. The lowest BCUT2D eigenvalue weighted by molar-refractivity contribution is 0.411. The van der Waals surface area contributed by atoms with E-state index in [2.05, 4.69) is 32.1 Å². The fourth-order valence-electron chi connectivity index (χ4n) is 2.20. The molecule has 0 heteroatoms. The van der Waals surface area contributed by atoms with Crippen LogP contribution in [0.3, 0.4) is 0 Å². The van der Waals surface area contributed by atoms with Gasteiger partial charge in [0.05, 0.1) is 0 Å². The molecule has 0 saturated heterocycles. The van der Waals surface area contributed by atoms with Crippen molar-refractivity contribution >= 4 is 0 Å². The predicted molar refractivity (Wildman–Crippen MR) is 43.7 cm³/mol. The van der Waals surface area contributed by atoms with E-state index < -0.39 is 0 Å². The van der Waals surface area contributed by atoms with Crippen molar-refractivity contribution in [3.05, 3.63) is 23.8 Å². The van der Waals surface area contributed by atoms with E-state index in [1.807, 2.05) is 0 Å². The molecule has 0 amide bonds. The van der Waals surface area contributed by atoms with Gasteiger partial charge in [0.2, 0.25) is 0 Å². The number of rotatable bonds is 0. The maximum absolute atomic E-state index is 2.43. The second kappa shape index (κ2) is 1.98. The van der Waals surface area contributed by atoms with E-state index in [-0.39, 0.29) is 0 Å². The zero-order chi connectivity index (χ0) is 7.14. The SMILES string of the molecule is CC1=C[C@H]2C=CC[C@H]2[C@@H]1C. The molecule has 0 spiro atoms. The summed E-state index contributed by atoms with van der Waals surface area (Å²) in [7, 11) is 0. The Kier molecular flexibility index (Phi) is 1.23. The highest BCUT2D eigenvalue weighted by Crippen LogP contribution is 2.42. The van der Waals surface area contributed by atoms with Gasteiger partial charge >= 0.3 is 0 Å². The molecular weight excluding hydrogens is 120 g/mol. The first-order chi connectivity index (χ1) is 4.79. The van der Waals surface area contributed by atoms with Crippen molar-refractivity contribution in [2.75, 3.05) is 0 Å². The van der Waals surface area contributed by atoms with Crippen LogP contribution in [0.5, 0.6) is 0 Å². The van der Waals surface area contributed by atoms with E-state index in [0.29, 0.717) is 0 Å². The summed E-state index contributed by atoms with van der Waals surface area (Å²) in [4.78, 5) is 0. The molecule has 2 aliphatic rings. The second-order valence-corrected chi connectivity index (χ2v) is 3.60. The summed E-state index contributed by atoms with van der Waals surface area (Å²) in [6.07, 6.45) is 8.42. The van der Waals surface area contributed by atoms with Crippen molar-refractivity contribution in [2.45, 2.75) is 20.3 Å². The smallest absolute Gasteiger partial charge is 0.00139 e. The highest BCUT2D eigenvalue weighted by Gasteiger charge is 2.32. The molecule has 0 heterocycles. The molecule has 0 aliphatic heterocycles. The van der Waals surface area contributed by atoms with Crippen molar-refractivity contribution in [1.82, 2.24) is 0 Å². The lowest BCUT2D eigenvalue weighted by Gasteiger charge is -2.15. The number of hydrogen-bond acceptors (Lipinski definition) is 0. The maximum Gasteiger partial charge on any atom is -0.00139 e. The van der Waals surface area contributed by atoms with Crippen LogP contribution < -0.4 is 0 Å². The largest absolute Gasteiger partial charge is 0.0876 e. The molecule has 0 radical (unpaired) electrons. The standard InChI is InChI=1S/C10H14/c1-7-6-9-4-3-5-10(9)8(7)2/h3-4,6,8-10H,5H2,1-2H3/t8-,9-,10+/m1/s1. The van der Waals surface area contributed by atoms with Crippen LogP contribution in [0.15, 0.2) is 23.8 Å². The Morgan fingerprint density at radius 2 is 2.30 bits per heavy atom. The van der Waals surface area contributed by atoms with E-state index in [9.17, 15) is 0 Å². The molecule has 0 fully saturated rings. The van der Waals surface area contributed by atoms with E-state index in [0.717, 1.165) is 17.8 Å². The minimum Gasteiger partial charge on any atom is -0.0876 e. The molecule has 54 valence electrons. The molecule has 10 heavy (non-hydrogen) atoms. The van der Waals surface area contributed by atoms with Crippen LogP contribution in [0.4, 0.5) is 0 Å². The lowest BCUT2D eigenvalue weighted by atomic mass is 9.89. The molecule has 2 aliphatic carbocycles. The van der Waals surface area contributed by atoms with Gasteiger partial charge in [-0.2, -0.15) is 0 Å². The topological polar surface area (TPSA) is 0 Å². The fourth-order valence-corrected chi connectivity index (χ4v) is 2.20. The van der Waals surface area contributed by atoms with Gasteiger partial charge in [-0.05, 0) is 31.1 Å². The predicted octanol–water partition coefficient (Wildman–Crippen LogP) is 2.77. The molecular formula is C10H14. The summed E-state index contributed by atoms with van der Waals surface area (Å²) >= 11 is 0. The molecule has 0 saturated carbocycles. The Labute approximate surface area is 62.6 Å². The molecule has 0 aromatic rings. The first kappa shape index (κ1) is 6.21. The molecule has 2 rings (SSSR count). The van der Waals surface area contributed by atoms with Crippen molar-refractivity contribution in [2.24, 2.45) is 17.8 Å². The first-order valence-corrected chi connectivity index (χ1v) is 4.14. The van der Waals surface area contributed by atoms with Crippen LogP contribution in [-0.2, 0) is 0 Å². The van der Waals surface area contributed by atoms with Gasteiger partial charge in [0.1, 0.15) is 0 Å². The number of fused-ring (bicyclic) bond motifs is 1. The van der Waals surface area contributed by atoms with Gasteiger partial charge in [-0.3, -0.25) is 0 Å². The van der Waals surface area contributed by atoms with Crippen LogP contribution in [0.25, 0.3) is 0 Å². The van der Waals surface area contributed by atoms with Crippen LogP contribution in [-0.4, -0.2) is 0 Å². The van der Waals surface area contributed by atoms with Gasteiger partial charge in [-0.1, -0.05) is 30.7 Å². The Hall–Kier alpha value is -0.520. The molecule has 3 atom stereocenters. The Bertz CT molecular complexity index is 198. The summed E-state index contributed by atoms with van der Waals surface area (Å²) in [5.74, 6) is 2.54. The third-order valence-corrected chi connectivity index (χ3v) is 3.08. The Morgan fingerprint density at radius 3 is 3.00 bits per heavy atom. The van der Waals surface area contributed by atoms with E-state index in [1.54, 1.807) is 5.57 Å². The summed E-state index contributed by atoms with van der Waals surface area (Å²) in [6, 6.07) is 0. The highest BCUT2D eigenvalue weighted by molar-refractivity contribution is 5.24. The fraction of sp³-hybridized carbons (Fsp3) is 0.600. The van der Waals surface area contributed by atoms with Gasteiger partial charge in [-0.15, -0.1) is 0 Å². The van der Waals surface area contributed by atoms with Crippen LogP contribution >= 0.6 is 0 Å². The van der Waals surface area contributed by atoms with Crippen LogP contribution in [0, 0.1) is 17.8 Å². The van der Waals surface area contributed by atoms with E-state index in [4.69, 9.17) is 0 Å². The second-order valence-electron chi connectivity index (χ2n) is 3.60. The van der Waals surface area contributed by atoms with Crippen molar-refractivity contribution in [3.63, 3.8) is 0 Å². The molecule has 0 N–H and O–H groups in total. The van der Waals surface area contributed by atoms with Crippen LogP contribution in [0.1, 0.15) is 20.3 Å². The summed E-state index contributed by atoms with van der Waals surface area (Å²) in [5, 5.41) is 0. The van der Waals surface area contributed by atoms with Crippen LogP contribution in [0.2, 0.25) is 0 Å². The zero-order valence-corrected chi connectivity index (χ0v) is 6.67. The molecule has 0 aromatic carbocycles. The van der Waals surface area contributed by atoms with E-state index >= 15 is 0 Å². The average molecular weight is 134 g/mol.